The molecule has 1 unspecified atom stereocenters. The SMILES string of the molecule is CN1CCN(c2ccnc(Cl)n2)C(C(N)=O)C1. The van der Waals surface area contributed by atoms with E-state index in [1.807, 2.05) is 11.9 Å². The zero-order valence-corrected chi connectivity index (χ0v) is 10.3. The van der Waals surface area contributed by atoms with E-state index in [4.69, 9.17) is 17.3 Å². The fraction of sp³-hybridized carbons (Fsp3) is 0.500. The van der Waals surface area contributed by atoms with Crippen LogP contribution >= 0.6 is 11.6 Å². The molecule has 0 radical (unpaired) electrons. The summed E-state index contributed by atoms with van der Waals surface area (Å²) in [5.74, 6) is 0.285. The summed E-state index contributed by atoms with van der Waals surface area (Å²) < 4.78 is 0. The molecule has 2 N–H and O–H groups in total. The minimum atomic E-state index is -0.375. The van der Waals surface area contributed by atoms with Crippen molar-refractivity contribution < 1.29 is 4.79 Å². The van der Waals surface area contributed by atoms with Crippen LogP contribution < -0.4 is 10.6 Å². The number of hydrogen-bond donors (Lipinski definition) is 1. The molecular weight excluding hydrogens is 242 g/mol. The lowest BCUT2D eigenvalue weighted by Gasteiger charge is -2.38. The Hall–Kier alpha value is -1.40. The fourth-order valence-corrected chi connectivity index (χ4v) is 2.07. The average Bonchev–Trinajstić information content (AvgIpc) is 2.28. The lowest BCUT2D eigenvalue weighted by molar-refractivity contribution is -0.120. The molecule has 1 aliphatic rings. The average molecular weight is 256 g/mol. The topological polar surface area (TPSA) is 75.3 Å². The lowest BCUT2D eigenvalue weighted by atomic mass is 10.1. The van der Waals surface area contributed by atoms with E-state index in [0.29, 0.717) is 18.9 Å². The van der Waals surface area contributed by atoms with Crippen molar-refractivity contribution in [2.24, 2.45) is 5.73 Å². The molecule has 1 aliphatic heterocycles. The molecule has 0 bridgehead atoms. The van der Waals surface area contributed by atoms with Crippen LogP contribution in [0.3, 0.4) is 0 Å². The van der Waals surface area contributed by atoms with E-state index in [9.17, 15) is 4.79 Å². The quantitative estimate of drug-likeness (QED) is 0.737. The van der Waals surface area contributed by atoms with Gasteiger partial charge < -0.3 is 15.5 Å². The number of rotatable bonds is 2. The number of halogens is 1. The number of carbonyl (C=O) groups excluding carboxylic acids is 1. The summed E-state index contributed by atoms with van der Waals surface area (Å²) in [4.78, 5) is 23.3. The summed E-state index contributed by atoms with van der Waals surface area (Å²) in [6.07, 6.45) is 1.57. The van der Waals surface area contributed by atoms with Crippen molar-refractivity contribution in [3.8, 4) is 0 Å². The summed E-state index contributed by atoms with van der Waals surface area (Å²) >= 11 is 5.74. The van der Waals surface area contributed by atoms with Crippen molar-refractivity contribution in [2.45, 2.75) is 6.04 Å². The van der Waals surface area contributed by atoms with Crippen LogP contribution in [0.4, 0.5) is 5.82 Å². The maximum absolute atomic E-state index is 11.4. The monoisotopic (exact) mass is 255 g/mol. The summed E-state index contributed by atoms with van der Waals surface area (Å²) in [5, 5.41) is 0.171. The van der Waals surface area contributed by atoms with Gasteiger partial charge in [-0.3, -0.25) is 4.79 Å². The number of carbonyl (C=O) groups is 1. The highest BCUT2D eigenvalue weighted by Gasteiger charge is 2.30. The fourth-order valence-electron chi connectivity index (χ4n) is 1.92. The van der Waals surface area contributed by atoms with E-state index in [-0.39, 0.29) is 17.2 Å². The van der Waals surface area contributed by atoms with Gasteiger partial charge in [-0.25, -0.2) is 9.97 Å². The molecule has 6 nitrogen and oxygen atoms in total. The highest BCUT2D eigenvalue weighted by molar-refractivity contribution is 6.28. The van der Waals surface area contributed by atoms with Crippen LogP contribution in [0, 0.1) is 0 Å². The molecule has 1 saturated heterocycles. The second-order valence-corrected chi connectivity index (χ2v) is 4.40. The standard InChI is InChI=1S/C10H14ClN5O/c1-15-4-5-16(7(6-15)9(12)17)8-2-3-13-10(11)14-8/h2-3,7H,4-6H2,1H3,(H2,12,17). The van der Waals surface area contributed by atoms with Crippen molar-refractivity contribution in [3.05, 3.63) is 17.5 Å². The van der Waals surface area contributed by atoms with Gasteiger partial charge in [0, 0.05) is 25.8 Å². The van der Waals surface area contributed by atoms with Gasteiger partial charge in [-0.05, 0) is 24.7 Å². The molecule has 1 aromatic rings. The first-order chi connectivity index (χ1) is 8.08. The molecule has 2 rings (SSSR count). The highest BCUT2D eigenvalue weighted by atomic mass is 35.5. The molecule has 0 aromatic carbocycles. The Morgan fingerprint density at radius 3 is 3.00 bits per heavy atom. The van der Waals surface area contributed by atoms with Crippen LogP contribution in [0.25, 0.3) is 0 Å². The van der Waals surface area contributed by atoms with Crippen molar-refractivity contribution in [1.82, 2.24) is 14.9 Å². The Morgan fingerprint density at radius 1 is 1.59 bits per heavy atom. The molecule has 1 atom stereocenters. The zero-order chi connectivity index (χ0) is 12.4. The molecular formula is C10H14ClN5O. The van der Waals surface area contributed by atoms with E-state index in [0.717, 1.165) is 6.54 Å². The Bertz CT molecular complexity index is 427. The third-order valence-electron chi connectivity index (χ3n) is 2.82. The predicted octanol–water partition coefficient (Wildman–Crippen LogP) is -0.264. The number of primary amides is 1. The number of likely N-dealkylation sites (N-methyl/N-ethyl adjacent to an activating group) is 1. The smallest absolute Gasteiger partial charge is 0.241 e. The third kappa shape index (κ3) is 2.65. The first kappa shape index (κ1) is 12.1. The maximum Gasteiger partial charge on any atom is 0.241 e. The van der Waals surface area contributed by atoms with Gasteiger partial charge in [-0.2, -0.15) is 0 Å². The van der Waals surface area contributed by atoms with E-state index in [2.05, 4.69) is 14.9 Å². The van der Waals surface area contributed by atoms with Crippen molar-refractivity contribution >= 4 is 23.3 Å². The number of nitrogens with two attached hydrogens (primary N) is 1. The Morgan fingerprint density at radius 2 is 2.35 bits per heavy atom. The van der Waals surface area contributed by atoms with Gasteiger partial charge in [0.1, 0.15) is 11.9 Å². The Kier molecular flexibility index (Phi) is 3.44. The molecule has 1 fully saturated rings. The molecule has 1 amide bonds. The molecule has 7 heteroatoms. The van der Waals surface area contributed by atoms with Gasteiger partial charge in [-0.15, -0.1) is 0 Å². The van der Waals surface area contributed by atoms with Gasteiger partial charge in [-0.1, -0.05) is 0 Å². The van der Waals surface area contributed by atoms with Crippen LogP contribution in [0.5, 0.6) is 0 Å². The van der Waals surface area contributed by atoms with Crippen molar-refractivity contribution in [1.29, 1.82) is 0 Å². The van der Waals surface area contributed by atoms with Crippen LogP contribution in [0.1, 0.15) is 0 Å². The zero-order valence-electron chi connectivity index (χ0n) is 9.51. The second-order valence-electron chi connectivity index (χ2n) is 4.06. The summed E-state index contributed by atoms with van der Waals surface area (Å²) in [5.41, 5.74) is 5.41. The number of aromatic nitrogens is 2. The van der Waals surface area contributed by atoms with Crippen molar-refractivity contribution in [3.63, 3.8) is 0 Å². The summed E-state index contributed by atoms with van der Waals surface area (Å²) in [6.45, 7) is 2.14. The maximum atomic E-state index is 11.4. The van der Waals surface area contributed by atoms with Crippen LogP contribution in [-0.2, 0) is 4.79 Å². The van der Waals surface area contributed by atoms with E-state index in [1.54, 1.807) is 12.3 Å². The Labute approximate surface area is 104 Å². The van der Waals surface area contributed by atoms with Gasteiger partial charge in [0.05, 0.1) is 0 Å². The number of nitrogens with zero attached hydrogens (tertiary/aromatic N) is 4. The third-order valence-corrected chi connectivity index (χ3v) is 3.00. The normalized spacial score (nSPS) is 21.5. The number of amides is 1. The molecule has 2 heterocycles. The molecule has 17 heavy (non-hydrogen) atoms. The van der Waals surface area contributed by atoms with Gasteiger partial charge in [0.15, 0.2) is 0 Å². The number of piperazine rings is 1. The number of anilines is 1. The van der Waals surface area contributed by atoms with Crippen LogP contribution in [0.2, 0.25) is 5.28 Å². The molecule has 0 aliphatic carbocycles. The van der Waals surface area contributed by atoms with Gasteiger partial charge in [0.25, 0.3) is 0 Å². The minimum Gasteiger partial charge on any atom is -0.368 e. The van der Waals surface area contributed by atoms with Gasteiger partial charge in [0.2, 0.25) is 11.2 Å². The van der Waals surface area contributed by atoms with Crippen molar-refractivity contribution in [2.75, 3.05) is 31.6 Å². The number of hydrogen-bond acceptors (Lipinski definition) is 5. The molecule has 1 aromatic heterocycles. The van der Waals surface area contributed by atoms with E-state index < -0.39 is 0 Å². The summed E-state index contributed by atoms with van der Waals surface area (Å²) in [7, 11) is 1.96. The first-order valence-electron chi connectivity index (χ1n) is 5.31. The second kappa shape index (κ2) is 4.85. The highest BCUT2D eigenvalue weighted by Crippen LogP contribution is 2.18. The Balaban J connectivity index is 2.26. The predicted molar refractivity (Wildman–Crippen MR) is 64.9 cm³/mol. The lowest BCUT2D eigenvalue weighted by Crippen LogP contribution is -2.57. The molecule has 92 valence electrons. The van der Waals surface area contributed by atoms with E-state index >= 15 is 0 Å². The minimum absolute atomic E-state index is 0.171. The first-order valence-corrected chi connectivity index (χ1v) is 5.69. The van der Waals surface area contributed by atoms with Crippen LogP contribution in [0.15, 0.2) is 12.3 Å². The largest absolute Gasteiger partial charge is 0.368 e. The molecule has 0 spiro atoms. The molecule has 0 saturated carbocycles. The van der Waals surface area contributed by atoms with Crippen LogP contribution in [-0.4, -0.2) is 53.5 Å². The van der Waals surface area contributed by atoms with E-state index in [1.165, 1.54) is 0 Å². The summed E-state index contributed by atoms with van der Waals surface area (Å²) in [6, 6.07) is 1.35. The van der Waals surface area contributed by atoms with Gasteiger partial charge >= 0.3 is 0 Å².